The molecule has 1 N–H and O–H groups in total. The molecule has 1 nitrogen and oxygen atoms in total. The van der Waals surface area contributed by atoms with Crippen molar-refractivity contribution in [1.29, 1.82) is 0 Å². The molecular formula is C12H16O. The lowest BCUT2D eigenvalue weighted by molar-refractivity contribution is 0.475. The summed E-state index contributed by atoms with van der Waals surface area (Å²) in [6, 6.07) is 7.09. The molecule has 0 spiro atoms. The Kier molecular flexibility index (Phi) is 6.34. The maximum atomic E-state index is 8.76. The molecule has 1 heteroatoms. The summed E-state index contributed by atoms with van der Waals surface area (Å²) in [6.45, 7) is 7.41. The van der Waals surface area contributed by atoms with E-state index in [4.69, 9.17) is 5.11 Å². The van der Waals surface area contributed by atoms with E-state index in [1.165, 1.54) is 5.56 Å². The van der Waals surface area contributed by atoms with E-state index in [2.05, 4.69) is 6.58 Å². The second kappa shape index (κ2) is 7.17. The lowest BCUT2D eigenvalue weighted by Crippen LogP contribution is -1.66. The third-order valence-electron chi connectivity index (χ3n) is 1.36. The smallest absolute Gasteiger partial charge is 0.115 e. The Morgan fingerprint density at radius 3 is 2.00 bits per heavy atom. The van der Waals surface area contributed by atoms with Gasteiger partial charge in [0.1, 0.15) is 5.75 Å². The number of aryl methyl sites for hydroxylation is 1. The van der Waals surface area contributed by atoms with Crippen LogP contribution in [-0.4, -0.2) is 5.11 Å². The molecule has 0 aliphatic carbocycles. The highest BCUT2D eigenvalue weighted by atomic mass is 16.3. The Labute approximate surface area is 80.0 Å². The quantitative estimate of drug-likeness (QED) is 0.650. The van der Waals surface area contributed by atoms with E-state index in [0.29, 0.717) is 5.75 Å². The predicted octanol–water partition coefficient (Wildman–Crippen LogP) is 3.45. The van der Waals surface area contributed by atoms with Crippen LogP contribution in [0.1, 0.15) is 12.5 Å². The first-order chi connectivity index (χ1) is 6.20. The van der Waals surface area contributed by atoms with Crippen LogP contribution in [0.3, 0.4) is 0 Å². The van der Waals surface area contributed by atoms with Crippen LogP contribution in [0.5, 0.6) is 5.75 Å². The van der Waals surface area contributed by atoms with Crippen molar-refractivity contribution in [3.05, 3.63) is 54.6 Å². The molecule has 1 aromatic rings. The van der Waals surface area contributed by atoms with Gasteiger partial charge in [0.2, 0.25) is 0 Å². The van der Waals surface area contributed by atoms with Crippen LogP contribution in [0, 0.1) is 6.92 Å². The fourth-order valence-corrected chi connectivity index (χ4v) is 0.681. The number of hydrogen-bond donors (Lipinski definition) is 1. The van der Waals surface area contributed by atoms with Crippen molar-refractivity contribution >= 4 is 0 Å². The monoisotopic (exact) mass is 176 g/mol. The number of phenols is 1. The first-order valence-corrected chi connectivity index (χ1v) is 4.20. The zero-order chi connectivity index (χ0) is 10.1. The Morgan fingerprint density at radius 1 is 1.23 bits per heavy atom. The van der Waals surface area contributed by atoms with Crippen LogP contribution in [0.25, 0.3) is 0 Å². The normalized spacial score (nSPS) is 9.08. The van der Waals surface area contributed by atoms with Gasteiger partial charge in [-0.1, -0.05) is 42.5 Å². The van der Waals surface area contributed by atoms with Crippen LogP contribution in [-0.2, 0) is 0 Å². The lowest BCUT2D eigenvalue weighted by atomic mass is 10.2. The fraction of sp³-hybridized carbons (Fsp3) is 0.167. The molecule has 0 saturated heterocycles. The number of allylic oxidation sites excluding steroid dienone is 3. The zero-order valence-electron chi connectivity index (χ0n) is 8.20. The molecule has 0 amide bonds. The second-order valence-corrected chi connectivity index (χ2v) is 2.60. The highest BCUT2D eigenvalue weighted by Gasteiger charge is 1.82. The zero-order valence-corrected chi connectivity index (χ0v) is 8.20. The maximum Gasteiger partial charge on any atom is 0.115 e. The van der Waals surface area contributed by atoms with Crippen LogP contribution in [0.4, 0.5) is 0 Å². The first kappa shape index (κ1) is 11.5. The lowest BCUT2D eigenvalue weighted by Gasteiger charge is -1.89. The molecule has 0 bridgehead atoms. The average molecular weight is 176 g/mol. The van der Waals surface area contributed by atoms with Crippen LogP contribution < -0.4 is 0 Å². The molecule has 0 aromatic heterocycles. The number of aromatic hydroxyl groups is 1. The van der Waals surface area contributed by atoms with Gasteiger partial charge in [0, 0.05) is 0 Å². The van der Waals surface area contributed by atoms with Crippen molar-refractivity contribution in [2.24, 2.45) is 0 Å². The molecule has 0 aliphatic heterocycles. The summed E-state index contributed by atoms with van der Waals surface area (Å²) in [4.78, 5) is 0. The molecular weight excluding hydrogens is 160 g/mol. The summed E-state index contributed by atoms with van der Waals surface area (Å²) >= 11 is 0. The molecule has 70 valence electrons. The van der Waals surface area contributed by atoms with E-state index < -0.39 is 0 Å². The van der Waals surface area contributed by atoms with Crippen LogP contribution in [0.2, 0.25) is 0 Å². The third kappa shape index (κ3) is 6.88. The highest BCUT2D eigenvalue weighted by molar-refractivity contribution is 5.24. The Hall–Kier alpha value is -1.50. The summed E-state index contributed by atoms with van der Waals surface area (Å²) in [5, 5.41) is 8.76. The molecule has 0 radical (unpaired) electrons. The van der Waals surface area contributed by atoms with Crippen LogP contribution in [0.15, 0.2) is 49.1 Å². The summed E-state index contributed by atoms with van der Waals surface area (Å²) in [5.41, 5.74) is 1.17. The summed E-state index contributed by atoms with van der Waals surface area (Å²) in [5.74, 6) is 0.329. The maximum absolute atomic E-state index is 8.76. The number of benzene rings is 1. The van der Waals surface area contributed by atoms with Crippen molar-refractivity contribution in [2.45, 2.75) is 13.8 Å². The minimum atomic E-state index is 0.329. The number of phenolic OH excluding ortho intramolecular Hbond substituents is 1. The van der Waals surface area contributed by atoms with E-state index in [0.717, 1.165) is 0 Å². The standard InChI is InChI=1S/C7H8O.C5H8/c1-6-2-4-7(8)5-3-6;1-3-5-4-2/h2-5,8H,1H3;3-5H,1H2,2H3. The van der Waals surface area contributed by atoms with Crippen molar-refractivity contribution < 1.29 is 5.11 Å². The summed E-state index contributed by atoms with van der Waals surface area (Å²) in [6.07, 6.45) is 5.58. The second-order valence-electron chi connectivity index (χ2n) is 2.60. The van der Waals surface area contributed by atoms with E-state index in [1.807, 2.05) is 38.1 Å². The van der Waals surface area contributed by atoms with Gasteiger partial charge >= 0.3 is 0 Å². The molecule has 0 unspecified atom stereocenters. The van der Waals surface area contributed by atoms with Crippen LogP contribution >= 0.6 is 0 Å². The van der Waals surface area contributed by atoms with Gasteiger partial charge in [-0.3, -0.25) is 0 Å². The molecule has 0 fully saturated rings. The van der Waals surface area contributed by atoms with Gasteiger partial charge in [0.25, 0.3) is 0 Å². The molecule has 0 heterocycles. The van der Waals surface area contributed by atoms with Gasteiger partial charge in [-0.15, -0.1) is 0 Å². The molecule has 0 aliphatic rings. The van der Waals surface area contributed by atoms with E-state index in [-0.39, 0.29) is 0 Å². The van der Waals surface area contributed by atoms with Gasteiger partial charge in [0.05, 0.1) is 0 Å². The Morgan fingerprint density at radius 2 is 1.77 bits per heavy atom. The Balaban J connectivity index is 0.000000252. The third-order valence-corrected chi connectivity index (χ3v) is 1.36. The highest BCUT2D eigenvalue weighted by Crippen LogP contribution is 2.07. The molecule has 0 saturated carbocycles. The minimum Gasteiger partial charge on any atom is -0.508 e. The first-order valence-electron chi connectivity index (χ1n) is 4.20. The number of rotatable bonds is 1. The van der Waals surface area contributed by atoms with Crippen molar-refractivity contribution in [2.75, 3.05) is 0 Å². The van der Waals surface area contributed by atoms with Gasteiger partial charge in [-0.05, 0) is 26.0 Å². The molecule has 1 aromatic carbocycles. The average Bonchev–Trinajstić information content (AvgIpc) is 2.13. The summed E-state index contributed by atoms with van der Waals surface area (Å²) in [7, 11) is 0. The SMILES string of the molecule is C=CC=CC.Cc1ccc(O)cc1. The molecule has 13 heavy (non-hydrogen) atoms. The van der Waals surface area contributed by atoms with E-state index in [9.17, 15) is 0 Å². The fourth-order valence-electron chi connectivity index (χ4n) is 0.681. The van der Waals surface area contributed by atoms with Crippen molar-refractivity contribution in [3.8, 4) is 5.75 Å². The molecule has 1 rings (SSSR count). The minimum absolute atomic E-state index is 0.329. The topological polar surface area (TPSA) is 20.2 Å². The van der Waals surface area contributed by atoms with E-state index >= 15 is 0 Å². The number of hydrogen-bond acceptors (Lipinski definition) is 1. The van der Waals surface area contributed by atoms with Gasteiger partial charge in [-0.2, -0.15) is 0 Å². The van der Waals surface area contributed by atoms with Crippen molar-refractivity contribution in [3.63, 3.8) is 0 Å². The summed E-state index contributed by atoms with van der Waals surface area (Å²) < 4.78 is 0. The molecule has 0 atom stereocenters. The van der Waals surface area contributed by atoms with E-state index in [1.54, 1.807) is 18.2 Å². The van der Waals surface area contributed by atoms with Gasteiger partial charge < -0.3 is 5.11 Å². The van der Waals surface area contributed by atoms with Crippen molar-refractivity contribution in [1.82, 2.24) is 0 Å². The Bertz CT molecular complexity index is 236. The predicted molar refractivity (Wildman–Crippen MR) is 57.9 cm³/mol. The van der Waals surface area contributed by atoms with Gasteiger partial charge in [-0.25, -0.2) is 0 Å². The largest absolute Gasteiger partial charge is 0.508 e. The van der Waals surface area contributed by atoms with Gasteiger partial charge in [0.15, 0.2) is 0 Å².